The number of ether oxygens (including phenoxy) is 1. The number of imide groups is 1. The number of hydrogen-bond acceptors (Lipinski definition) is 4. The molecule has 3 aromatic carbocycles. The van der Waals surface area contributed by atoms with Crippen molar-refractivity contribution in [3.8, 4) is 5.75 Å². The molecule has 0 spiro atoms. The van der Waals surface area contributed by atoms with Gasteiger partial charge in [0, 0.05) is 13.1 Å². The number of halogens is 1. The van der Waals surface area contributed by atoms with Gasteiger partial charge in [0.2, 0.25) is 0 Å². The lowest BCUT2D eigenvalue weighted by molar-refractivity contribution is -0.120. The average Bonchev–Trinajstić information content (AvgIpc) is 3.09. The molecule has 0 aromatic heterocycles. The molecule has 0 atom stereocenters. The first kappa shape index (κ1) is 22.3. The van der Waals surface area contributed by atoms with Crippen molar-refractivity contribution in [3.05, 3.63) is 102 Å². The van der Waals surface area contributed by atoms with E-state index >= 15 is 0 Å². The maximum Gasteiger partial charge on any atom is 0.282 e. The van der Waals surface area contributed by atoms with Crippen LogP contribution in [0.2, 0.25) is 0 Å². The summed E-state index contributed by atoms with van der Waals surface area (Å²) < 4.78 is 19.3. The molecule has 3 aromatic rings. The van der Waals surface area contributed by atoms with Crippen LogP contribution in [0, 0.1) is 5.82 Å². The van der Waals surface area contributed by atoms with E-state index in [0.717, 1.165) is 10.5 Å². The second-order valence-corrected chi connectivity index (χ2v) is 7.58. The molecule has 4 rings (SSSR count). The SMILES string of the molecule is CCOc1ccccc1N1C(=O)C(c2ccc(F)cc2)=C(N(CC)Cc2ccccc2)C1=O. The van der Waals surface area contributed by atoms with Crippen LogP contribution in [-0.2, 0) is 16.1 Å². The first-order valence-electron chi connectivity index (χ1n) is 10.9. The molecule has 0 fully saturated rings. The van der Waals surface area contributed by atoms with Crippen molar-refractivity contribution >= 4 is 23.1 Å². The Morgan fingerprint density at radius 2 is 1.52 bits per heavy atom. The highest BCUT2D eigenvalue weighted by molar-refractivity contribution is 6.45. The molecule has 1 aliphatic rings. The van der Waals surface area contributed by atoms with Gasteiger partial charge in [-0.15, -0.1) is 0 Å². The third-order valence-electron chi connectivity index (χ3n) is 5.51. The van der Waals surface area contributed by atoms with Crippen molar-refractivity contribution in [2.45, 2.75) is 20.4 Å². The highest BCUT2D eigenvalue weighted by atomic mass is 19.1. The van der Waals surface area contributed by atoms with Gasteiger partial charge < -0.3 is 9.64 Å². The first-order chi connectivity index (χ1) is 16.0. The number of anilines is 1. The number of rotatable bonds is 8. The molecule has 6 heteroatoms. The third-order valence-corrected chi connectivity index (χ3v) is 5.51. The molecule has 0 saturated carbocycles. The lowest BCUT2D eigenvalue weighted by Crippen LogP contribution is -2.35. The van der Waals surface area contributed by atoms with Gasteiger partial charge in [0.15, 0.2) is 0 Å². The van der Waals surface area contributed by atoms with Gasteiger partial charge in [-0.25, -0.2) is 9.29 Å². The van der Waals surface area contributed by atoms with Gasteiger partial charge in [-0.1, -0.05) is 54.6 Å². The predicted molar refractivity (Wildman–Crippen MR) is 126 cm³/mol. The molecule has 2 amide bonds. The number of carbonyl (C=O) groups excluding carboxylic acids is 2. The zero-order valence-electron chi connectivity index (χ0n) is 18.6. The molecular formula is C27H25FN2O3. The van der Waals surface area contributed by atoms with Crippen LogP contribution >= 0.6 is 0 Å². The fourth-order valence-corrected chi connectivity index (χ4v) is 3.98. The highest BCUT2D eigenvalue weighted by Crippen LogP contribution is 2.39. The van der Waals surface area contributed by atoms with Crippen LogP contribution in [-0.4, -0.2) is 29.9 Å². The molecule has 0 radical (unpaired) electrons. The van der Waals surface area contributed by atoms with Crippen molar-refractivity contribution in [3.63, 3.8) is 0 Å². The second kappa shape index (κ2) is 9.69. The summed E-state index contributed by atoms with van der Waals surface area (Å²) in [5, 5.41) is 0. The number of nitrogens with zero attached hydrogens (tertiary/aromatic N) is 2. The number of hydrogen-bond donors (Lipinski definition) is 0. The topological polar surface area (TPSA) is 49.9 Å². The molecular weight excluding hydrogens is 419 g/mol. The van der Waals surface area contributed by atoms with Crippen molar-refractivity contribution < 1.29 is 18.7 Å². The van der Waals surface area contributed by atoms with Crippen LogP contribution in [0.3, 0.4) is 0 Å². The third kappa shape index (κ3) is 4.37. The maximum atomic E-state index is 13.8. The van der Waals surface area contributed by atoms with Gasteiger partial charge in [-0.2, -0.15) is 0 Å². The van der Waals surface area contributed by atoms with Crippen LogP contribution in [0.5, 0.6) is 5.75 Å². The molecule has 0 aliphatic carbocycles. The van der Waals surface area contributed by atoms with Gasteiger partial charge in [0.1, 0.15) is 17.3 Å². The van der Waals surface area contributed by atoms with Crippen LogP contribution in [0.4, 0.5) is 10.1 Å². The van der Waals surface area contributed by atoms with E-state index in [2.05, 4.69) is 0 Å². The minimum Gasteiger partial charge on any atom is -0.492 e. The standard InChI is InChI=1S/C27H25FN2O3/c1-3-29(18-19-10-6-5-7-11-19)25-24(20-14-16-21(28)17-15-20)26(31)30(27(25)32)22-12-8-9-13-23(22)33-4-2/h5-17H,3-4,18H2,1-2H3. The largest absolute Gasteiger partial charge is 0.492 e. The zero-order chi connectivity index (χ0) is 23.4. The molecule has 33 heavy (non-hydrogen) atoms. The smallest absolute Gasteiger partial charge is 0.282 e. The molecule has 168 valence electrons. The second-order valence-electron chi connectivity index (χ2n) is 7.58. The van der Waals surface area contributed by atoms with E-state index in [9.17, 15) is 14.0 Å². The number of benzene rings is 3. The van der Waals surface area contributed by atoms with Crippen molar-refractivity contribution in [1.29, 1.82) is 0 Å². The van der Waals surface area contributed by atoms with Crippen LogP contribution < -0.4 is 9.64 Å². The Kier molecular flexibility index (Phi) is 6.54. The van der Waals surface area contributed by atoms with Crippen LogP contribution in [0.25, 0.3) is 5.57 Å². The minimum atomic E-state index is -0.458. The van der Waals surface area contributed by atoms with Gasteiger partial charge in [-0.05, 0) is 49.2 Å². The fraction of sp³-hybridized carbons (Fsp3) is 0.185. The van der Waals surface area contributed by atoms with Gasteiger partial charge in [0.25, 0.3) is 11.8 Å². The Labute approximate surface area is 192 Å². The lowest BCUT2D eigenvalue weighted by atomic mass is 10.0. The summed E-state index contributed by atoms with van der Waals surface area (Å²) in [6, 6.07) is 22.4. The Morgan fingerprint density at radius 1 is 0.848 bits per heavy atom. The minimum absolute atomic E-state index is 0.254. The van der Waals surface area contributed by atoms with E-state index in [1.807, 2.05) is 49.1 Å². The van der Waals surface area contributed by atoms with Gasteiger partial charge in [0.05, 0.1) is 17.9 Å². The van der Waals surface area contributed by atoms with Gasteiger partial charge >= 0.3 is 0 Å². The number of para-hydroxylation sites is 2. The normalized spacial score (nSPS) is 13.6. The highest BCUT2D eigenvalue weighted by Gasteiger charge is 2.43. The average molecular weight is 445 g/mol. The molecule has 0 bridgehead atoms. The fourth-order valence-electron chi connectivity index (χ4n) is 3.98. The van der Waals surface area contributed by atoms with Crippen molar-refractivity contribution in [2.24, 2.45) is 0 Å². The summed E-state index contributed by atoms with van der Waals surface area (Å²) in [5.41, 5.74) is 2.44. The van der Waals surface area contributed by atoms with E-state index in [-0.39, 0.29) is 5.57 Å². The summed E-state index contributed by atoms with van der Waals surface area (Å²) in [7, 11) is 0. The summed E-state index contributed by atoms with van der Waals surface area (Å²) in [6.45, 7) is 5.14. The molecule has 0 saturated heterocycles. The Bertz CT molecular complexity index is 1190. The van der Waals surface area contributed by atoms with Crippen LogP contribution in [0.1, 0.15) is 25.0 Å². The van der Waals surface area contributed by atoms with E-state index in [1.165, 1.54) is 24.3 Å². The Morgan fingerprint density at radius 3 is 2.18 bits per heavy atom. The first-order valence-corrected chi connectivity index (χ1v) is 10.9. The molecule has 1 heterocycles. The van der Waals surface area contributed by atoms with Gasteiger partial charge in [-0.3, -0.25) is 9.59 Å². The van der Waals surface area contributed by atoms with E-state index in [4.69, 9.17) is 4.74 Å². The van der Waals surface area contributed by atoms with E-state index in [1.54, 1.807) is 24.3 Å². The molecule has 1 aliphatic heterocycles. The Hall–Kier alpha value is -3.93. The predicted octanol–water partition coefficient (Wildman–Crippen LogP) is 5.03. The number of likely N-dealkylation sites (N-methyl/N-ethyl adjacent to an activating group) is 1. The number of amides is 2. The zero-order valence-corrected chi connectivity index (χ0v) is 18.6. The number of carbonyl (C=O) groups is 2. The molecule has 5 nitrogen and oxygen atoms in total. The molecule has 0 unspecified atom stereocenters. The lowest BCUT2D eigenvalue weighted by Gasteiger charge is -2.25. The quantitative estimate of drug-likeness (QED) is 0.457. The summed E-state index contributed by atoms with van der Waals surface area (Å²) in [6.07, 6.45) is 0. The summed E-state index contributed by atoms with van der Waals surface area (Å²) in [5.74, 6) is -0.843. The Balaban J connectivity index is 1.84. The summed E-state index contributed by atoms with van der Waals surface area (Å²) in [4.78, 5) is 30.5. The van der Waals surface area contributed by atoms with Crippen molar-refractivity contribution in [2.75, 3.05) is 18.1 Å². The van der Waals surface area contributed by atoms with Crippen molar-refractivity contribution in [1.82, 2.24) is 4.90 Å². The maximum absolute atomic E-state index is 13.8. The summed E-state index contributed by atoms with van der Waals surface area (Å²) >= 11 is 0. The van der Waals surface area contributed by atoms with Crippen LogP contribution in [0.15, 0.2) is 84.6 Å². The van der Waals surface area contributed by atoms with E-state index in [0.29, 0.717) is 42.4 Å². The molecule has 0 N–H and O–H groups in total. The monoisotopic (exact) mass is 444 g/mol. The van der Waals surface area contributed by atoms with E-state index < -0.39 is 17.6 Å².